The number of amides is 1. The minimum absolute atomic E-state index is 0.103. The third kappa shape index (κ3) is 2.08. The summed E-state index contributed by atoms with van der Waals surface area (Å²) in [5.41, 5.74) is 0. The Morgan fingerprint density at radius 3 is 2.43 bits per heavy atom. The predicted octanol–water partition coefficient (Wildman–Crippen LogP) is 2.00. The van der Waals surface area contributed by atoms with Gasteiger partial charge in [0.2, 0.25) is 5.91 Å². The van der Waals surface area contributed by atoms with Crippen LogP contribution < -0.4 is 5.32 Å². The van der Waals surface area contributed by atoms with Crippen molar-refractivity contribution in [2.24, 2.45) is 11.8 Å². The summed E-state index contributed by atoms with van der Waals surface area (Å²) in [6.07, 6.45) is 6.60. The minimum Gasteiger partial charge on any atom is -0.352 e. The quantitative estimate of drug-likeness (QED) is 0.675. The average molecular weight is 213 g/mol. The van der Waals surface area contributed by atoms with E-state index in [1.807, 2.05) is 6.92 Å². The highest BCUT2D eigenvalue weighted by Gasteiger charge is 2.36. The first-order valence-electron chi connectivity index (χ1n) is 5.65. The van der Waals surface area contributed by atoms with E-state index >= 15 is 0 Å². The molecule has 0 heterocycles. The lowest BCUT2D eigenvalue weighted by Crippen LogP contribution is -2.48. The zero-order valence-electron chi connectivity index (χ0n) is 8.70. The molecule has 3 aliphatic carbocycles. The van der Waals surface area contributed by atoms with Crippen LogP contribution in [0.1, 0.15) is 39.0 Å². The standard InChI is InChI=1S/C11H19NOS/c1-7(14)11(13)12-10-6-8-2-4-9(10)5-3-8/h7-10,14H,2-6H2,1H3,(H,12,13). The largest absolute Gasteiger partial charge is 0.352 e. The fourth-order valence-electron chi connectivity index (χ4n) is 2.86. The molecule has 2 bridgehead atoms. The summed E-state index contributed by atoms with van der Waals surface area (Å²) >= 11 is 4.15. The first-order valence-corrected chi connectivity index (χ1v) is 6.17. The maximum atomic E-state index is 11.5. The second-order valence-electron chi connectivity index (χ2n) is 4.81. The second kappa shape index (κ2) is 4.13. The maximum absolute atomic E-state index is 11.5. The van der Waals surface area contributed by atoms with Gasteiger partial charge in [0.15, 0.2) is 0 Å². The number of nitrogens with one attached hydrogen (secondary N) is 1. The first kappa shape index (κ1) is 10.3. The smallest absolute Gasteiger partial charge is 0.232 e. The fraction of sp³-hybridized carbons (Fsp3) is 0.909. The Morgan fingerprint density at radius 1 is 1.36 bits per heavy atom. The van der Waals surface area contributed by atoms with Crippen LogP contribution in [0.4, 0.5) is 0 Å². The minimum atomic E-state index is -0.171. The lowest BCUT2D eigenvalue weighted by Gasteiger charge is -2.42. The van der Waals surface area contributed by atoms with E-state index in [4.69, 9.17) is 0 Å². The third-order valence-corrected chi connectivity index (χ3v) is 3.99. The zero-order valence-corrected chi connectivity index (χ0v) is 9.59. The van der Waals surface area contributed by atoms with Crippen molar-refractivity contribution in [2.45, 2.75) is 50.3 Å². The van der Waals surface area contributed by atoms with Gasteiger partial charge in [-0.25, -0.2) is 0 Å². The molecule has 1 amide bonds. The Morgan fingerprint density at radius 2 is 2.00 bits per heavy atom. The van der Waals surface area contributed by atoms with Gasteiger partial charge in [-0.1, -0.05) is 12.8 Å². The molecule has 0 aromatic heterocycles. The van der Waals surface area contributed by atoms with Gasteiger partial charge in [-0.05, 0) is 38.0 Å². The van der Waals surface area contributed by atoms with E-state index < -0.39 is 0 Å². The molecule has 3 fully saturated rings. The molecule has 3 saturated carbocycles. The lowest BCUT2D eigenvalue weighted by molar-refractivity contribution is -0.122. The average Bonchev–Trinajstić information content (AvgIpc) is 2.19. The van der Waals surface area contributed by atoms with Gasteiger partial charge >= 0.3 is 0 Å². The van der Waals surface area contributed by atoms with E-state index in [9.17, 15) is 4.79 Å². The summed E-state index contributed by atoms with van der Waals surface area (Å²) in [7, 11) is 0. The molecule has 0 radical (unpaired) electrons. The summed E-state index contributed by atoms with van der Waals surface area (Å²) < 4.78 is 0. The van der Waals surface area contributed by atoms with Gasteiger partial charge in [-0.2, -0.15) is 12.6 Å². The highest BCUT2D eigenvalue weighted by molar-refractivity contribution is 7.81. The highest BCUT2D eigenvalue weighted by atomic mass is 32.1. The molecule has 1 N–H and O–H groups in total. The van der Waals surface area contributed by atoms with Crippen molar-refractivity contribution in [1.29, 1.82) is 0 Å². The van der Waals surface area contributed by atoms with Crippen LogP contribution in [0.3, 0.4) is 0 Å². The van der Waals surface area contributed by atoms with Crippen LogP contribution >= 0.6 is 12.6 Å². The molecular weight excluding hydrogens is 194 g/mol. The molecule has 0 aromatic carbocycles. The Bertz CT molecular complexity index is 221. The molecule has 3 heteroatoms. The van der Waals surface area contributed by atoms with Crippen molar-refractivity contribution < 1.29 is 4.79 Å². The molecule has 3 aliphatic rings. The van der Waals surface area contributed by atoms with E-state index in [0.29, 0.717) is 6.04 Å². The number of fused-ring (bicyclic) bond motifs is 3. The van der Waals surface area contributed by atoms with Crippen molar-refractivity contribution in [3.63, 3.8) is 0 Å². The van der Waals surface area contributed by atoms with Crippen LogP contribution in [0.25, 0.3) is 0 Å². The molecule has 0 aromatic rings. The van der Waals surface area contributed by atoms with E-state index in [0.717, 1.165) is 11.8 Å². The van der Waals surface area contributed by atoms with Crippen LogP contribution in [0, 0.1) is 11.8 Å². The fourth-order valence-corrected chi connectivity index (χ4v) is 2.93. The van der Waals surface area contributed by atoms with Gasteiger partial charge in [-0.15, -0.1) is 0 Å². The number of carbonyl (C=O) groups is 1. The number of rotatable bonds is 2. The van der Waals surface area contributed by atoms with Crippen molar-refractivity contribution in [3.05, 3.63) is 0 Å². The van der Waals surface area contributed by atoms with Gasteiger partial charge in [0.05, 0.1) is 5.25 Å². The van der Waals surface area contributed by atoms with Gasteiger partial charge in [0.1, 0.15) is 0 Å². The summed E-state index contributed by atoms with van der Waals surface area (Å²) in [4.78, 5) is 11.5. The summed E-state index contributed by atoms with van der Waals surface area (Å²) in [5.74, 6) is 1.72. The number of hydrogen-bond donors (Lipinski definition) is 2. The number of hydrogen-bond acceptors (Lipinski definition) is 2. The van der Waals surface area contributed by atoms with Crippen molar-refractivity contribution in [3.8, 4) is 0 Å². The van der Waals surface area contributed by atoms with Crippen LogP contribution in [0.5, 0.6) is 0 Å². The van der Waals surface area contributed by atoms with Crippen LogP contribution in [-0.2, 0) is 4.79 Å². The number of carbonyl (C=O) groups excluding carboxylic acids is 1. The van der Waals surface area contributed by atoms with Crippen LogP contribution in [0.2, 0.25) is 0 Å². The molecule has 14 heavy (non-hydrogen) atoms. The third-order valence-electron chi connectivity index (χ3n) is 3.75. The first-order chi connectivity index (χ1) is 6.66. The van der Waals surface area contributed by atoms with Crippen LogP contribution in [0.15, 0.2) is 0 Å². The van der Waals surface area contributed by atoms with E-state index in [1.165, 1.54) is 32.1 Å². The lowest BCUT2D eigenvalue weighted by atomic mass is 9.68. The van der Waals surface area contributed by atoms with Gasteiger partial charge in [-0.3, -0.25) is 4.79 Å². The molecular formula is C11H19NOS. The molecule has 3 rings (SSSR count). The molecule has 0 aliphatic heterocycles. The Balaban J connectivity index is 1.90. The van der Waals surface area contributed by atoms with Gasteiger partial charge in [0, 0.05) is 6.04 Å². The maximum Gasteiger partial charge on any atom is 0.232 e. The van der Waals surface area contributed by atoms with Crippen molar-refractivity contribution >= 4 is 18.5 Å². The van der Waals surface area contributed by atoms with E-state index in [2.05, 4.69) is 17.9 Å². The number of thiol groups is 1. The molecule has 2 atom stereocenters. The van der Waals surface area contributed by atoms with Crippen molar-refractivity contribution in [2.75, 3.05) is 0 Å². The van der Waals surface area contributed by atoms with Gasteiger partial charge in [0.25, 0.3) is 0 Å². The summed E-state index contributed by atoms with van der Waals surface area (Å²) in [6.45, 7) is 1.83. The van der Waals surface area contributed by atoms with E-state index in [-0.39, 0.29) is 11.2 Å². The second-order valence-corrected chi connectivity index (χ2v) is 5.58. The monoisotopic (exact) mass is 213 g/mol. The molecule has 2 nitrogen and oxygen atoms in total. The molecule has 0 saturated heterocycles. The predicted molar refractivity (Wildman–Crippen MR) is 60.4 cm³/mol. The van der Waals surface area contributed by atoms with Gasteiger partial charge < -0.3 is 5.32 Å². The highest BCUT2D eigenvalue weighted by Crippen LogP contribution is 2.41. The normalized spacial score (nSPS) is 38.0. The topological polar surface area (TPSA) is 29.1 Å². The van der Waals surface area contributed by atoms with Crippen LogP contribution in [-0.4, -0.2) is 17.2 Å². The molecule has 0 spiro atoms. The Kier molecular flexibility index (Phi) is 3.05. The molecule has 80 valence electrons. The Hall–Kier alpha value is -0.180. The summed E-state index contributed by atoms with van der Waals surface area (Å²) in [5, 5.41) is 2.96. The molecule has 2 unspecified atom stereocenters. The van der Waals surface area contributed by atoms with Crippen molar-refractivity contribution in [1.82, 2.24) is 5.32 Å². The Labute approximate surface area is 91.2 Å². The van der Waals surface area contributed by atoms with E-state index in [1.54, 1.807) is 0 Å². The SMILES string of the molecule is CC(S)C(=O)NC1CC2CCC1CC2. The summed E-state index contributed by atoms with van der Waals surface area (Å²) in [6, 6.07) is 0.449. The zero-order chi connectivity index (χ0) is 10.1.